The molecule has 8 heteroatoms. The van der Waals surface area contributed by atoms with Crippen molar-refractivity contribution in [2.24, 2.45) is 11.8 Å². The fraction of sp³-hybridized carbons (Fsp3) is 0.400. The molecular weight excluding hydrogens is 494 g/mol. The van der Waals surface area contributed by atoms with E-state index in [1.807, 2.05) is 42.6 Å². The van der Waals surface area contributed by atoms with Crippen LogP contribution in [0.3, 0.4) is 0 Å². The van der Waals surface area contributed by atoms with Crippen LogP contribution in [0, 0.1) is 11.8 Å². The maximum Gasteiger partial charge on any atom is 0.229 e. The number of hydrogen-bond acceptors (Lipinski definition) is 6. The van der Waals surface area contributed by atoms with Crippen LogP contribution in [0.1, 0.15) is 56.9 Å². The molecule has 2 unspecified atom stereocenters. The van der Waals surface area contributed by atoms with E-state index in [0.717, 1.165) is 90.3 Å². The van der Waals surface area contributed by atoms with E-state index < -0.39 is 0 Å². The highest BCUT2D eigenvalue weighted by Crippen LogP contribution is 2.32. The van der Waals surface area contributed by atoms with Gasteiger partial charge in [-0.1, -0.05) is 48.8 Å². The number of rotatable bonds is 7. The van der Waals surface area contributed by atoms with E-state index in [-0.39, 0.29) is 23.7 Å². The Labute approximate surface area is 226 Å². The molecule has 2 aromatic heterocycles. The fourth-order valence-electron chi connectivity index (χ4n) is 5.78. The molecule has 0 saturated heterocycles. The van der Waals surface area contributed by atoms with Gasteiger partial charge in [-0.15, -0.1) is 0 Å². The molecule has 3 N–H and O–H groups in total. The number of nitrogens with one attached hydrogen (secondary N) is 3. The largest absolute Gasteiger partial charge is 0.326 e. The summed E-state index contributed by atoms with van der Waals surface area (Å²) in [5.74, 6) is 0.235. The number of para-hydroxylation sites is 1. The minimum absolute atomic E-state index is 0.0191. The SMILES string of the molecule is O=C(Nc1ccc2nc(NC(=O)C3CCCC3)sc2c1)C1CCCC(NCc2cnc3ccccc3c2)C1. The molecule has 38 heavy (non-hydrogen) atoms. The van der Waals surface area contributed by atoms with Gasteiger partial charge in [0.25, 0.3) is 0 Å². The molecule has 0 aliphatic heterocycles. The highest BCUT2D eigenvalue weighted by molar-refractivity contribution is 7.22. The third kappa shape index (κ3) is 5.71. The molecule has 2 aromatic carbocycles. The number of aromatic nitrogens is 2. The van der Waals surface area contributed by atoms with Gasteiger partial charge in [-0.25, -0.2) is 4.98 Å². The first-order valence-corrected chi connectivity index (χ1v) is 14.5. The molecule has 2 atom stereocenters. The third-order valence-electron chi connectivity index (χ3n) is 7.90. The molecule has 196 valence electrons. The van der Waals surface area contributed by atoms with Gasteiger partial charge in [0.05, 0.1) is 15.7 Å². The maximum atomic E-state index is 13.1. The molecule has 0 spiro atoms. The lowest BCUT2D eigenvalue weighted by molar-refractivity contribution is -0.121. The zero-order chi connectivity index (χ0) is 25.9. The van der Waals surface area contributed by atoms with E-state index in [2.05, 4.69) is 38.1 Å². The molecule has 0 radical (unpaired) electrons. The van der Waals surface area contributed by atoms with Gasteiger partial charge in [-0.05, 0) is 68.0 Å². The summed E-state index contributed by atoms with van der Waals surface area (Å²) >= 11 is 1.46. The number of hydrogen-bond donors (Lipinski definition) is 3. The normalized spacial score (nSPS) is 20.1. The third-order valence-corrected chi connectivity index (χ3v) is 8.83. The molecule has 0 bridgehead atoms. The monoisotopic (exact) mass is 527 g/mol. The number of carbonyl (C=O) groups is 2. The molecule has 2 aliphatic carbocycles. The second-order valence-corrected chi connectivity index (χ2v) is 11.7. The highest BCUT2D eigenvalue weighted by Gasteiger charge is 2.27. The van der Waals surface area contributed by atoms with Crippen molar-refractivity contribution in [2.75, 3.05) is 10.6 Å². The van der Waals surface area contributed by atoms with Crippen LogP contribution in [0.2, 0.25) is 0 Å². The lowest BCUT2D eigenvalue weighted by Crippen LogP contribution is -2.37. The van der Waals surface area contributed by atoms with Gasteiger partial charge < -0.3 is 16.0 Å². The Bertz CT molecular complexity index is 1460. The number of nitrogens with zero attached hydrogens (tertiary/aromatic N) is 2. The topological polar surface area (TPSA) is 96.0 Å². The van der Waals surface area contributed by atoms with Crippen molar-refractivity contribution in [1.29, 1.82) is 0 Å². The smallest absolute Gasteiger partial charge is 0.229 e. The summed E-state index contributed by atoms with van der Waals surface area (Å²) in [5.41, 5.74) is 3.77. The summed E-state index contributed by atoms with van der Waals surface area (Å²) < 4.78 is 0.955. The van der Waals surface area contributed by atoms with E-state index in [0.29, 0.717) is 11.2 Å². The Hall–Kier alpha value is -3.36. The second kappa shape index (κ2) is 11.2. The molecular formula is C30H33N5O2S. The molecule has 2 saturated carbocycles. The lowest BCUT2D eigenvalue weighted by atomic mass is 9.85. The Balaban J connectivity index is 1.04. The van der Waals surface area contributed by atoms with Crippen molar-refractivity contribution in [1.82, 2.24) is 15.3 Å². The number of fused-ring (bicyclic) bond motifs is 2. The number of anilines is 2. The van der Waals surface area contributed by atoms with E-state index in [9.17, 15) is 9.59 Å². The molecule has 7 nitrogen and oxygen atoms in total. The zero-order valence-electron chi connectivity index (χ0n) is 21.4. The summed E-state index contributed by atoms with van der Waals surface area (Å²) in [7, 11) is 0. The Morgan fingerprint density at radius 2 is 1.68 bits per heavy atom. The van der Waals surface area contributed by atoms with Gasteiger partial charge in [0.1, 0.15) is 0 Å². The standard InChI is InChI=1S/C30H33N5O2S/c36-28(20-6-1-2-7-20)35-30-34-26-13-12-24(16-27(26)38-30)33-29(37)22-9-5-10-23(15-22)31-17-19-14-21-8-3-4-11-25(21)32-18-19/h3-4,8,11-14,16,18,20,22-23,31H,1-2,5-7,9-10,15,17H2,(H,33,37)(H,34,35,36). The van der Waals surface area contributed by atoms with Crippen LogP contribution in [0.5, 0.6) is 0 Å². The molecule has 6 rings (SSSR count). The van der Waals surface area contributed by atoms with Crippen LogP contribution in [0.4, 0.5) is 10.8 Å². The first-order valence-electron chi connectivity index (χ1n) is 13.7. The van der Waals surface area contributed by atoms with Gasteiger partial charge >= 0.3 is 0 Å². The number of amides is 2. The Kier molecular flexibility index (Phi) is 7.33. The van der Waals surface area contributed by atoms with Gasteiger partial charge in [0.2, 0.25) is 11.8 Å². The van der Waals surface area contributed by atoms with Crippen molar-refractivity contribution in [2.45, 2.75) is 64.0 Å². The first kappa shape index (κ1) is 24.9. The minimum atomic E-state index is -0.0191. The van der Waals surface area contributed by atoms with Crippen molar-refractivity contribution in [3.05, 3.63) is 60.3 Å². The maximum absolute atomic E-state index is 13.1. The molecule has 2 aliphatic rings. The van der Waals surface area contributed by atoms with E-state index in [1.54, 1.807) is 0 Å². The highest BCUT2D eigenvalue weighted by atomic mass is 32.1. The van der Waals surface area contributed by atoms with Crippen LogP contribution < -0.4 is 16.0 Å². The predicted octanol–water partition coefficient (Wildman–Crippen LogP) is 6.26. The fourth-order valence-corrected chi connectivity index (χ4v) is 6.69. The molecule has 4 aromatic rings. The number of carbonyl (C=O) groups excluding carboxylic acids is 2. The first-order chi connectivity index (χ1) is 18.6. The van der Waals surface area contributed by atoms with Crippen LogP contribution >= 0.6 is 11.3 Å². The minimum Gasteiger partial charge on any atom is -0.326 e. The van der Waals surface area contributed by atoms with E-state index in [1.165, 1.54) is 11.3 Å². The summed E-state index contributed by atoms with van der Waals surface area (Å²) in [6.45, 7) is 0.749. The Morgan fingerprint density at radius 3 is 2.58 bits per heavy atom. The van der Waals surface area contributed by atoms with Crippen LogP contribution in [0.25, 0.3) is 21.1 Å². The number of pyridine rings is 1. The van der Waals surface area contributed by atoms with Crippen molar-refractivity contribution >= 4 is 55.1 Å². The lowest BCUT2D eigenvalue weighted by Gasteiger charge is -2.29. The quantitative estimate of drug-likeness (QED) is 0.264. The predicted molar refractivity (Wildman–Crippen MR) is 153 cm³/mol. The summed E-state index contributed by atoms with van der Waals surface area (Å²) in [4.78, 5) is 34.8. The molecule has 2 amide bonds. The number of benzene rings is 2. The van der Waals surface area contributed by atoms with Crippen LogP contribution in [0.15, 0.2) is 54.7 Å². The van der Waals surface area contributed by atoms with Gasteiger partial charge in [0, 0.05) is 41.7 Å². The average molecular weight is 528 g/mol. The molecule has 2 heterocycles. The van der Waals surface area contributed by atoms with Gasteiger partial charge in [0.15, 0.2) is 5.13 Å². The van der Waals surface area contributed by atoms with E-state index in [4.69, 9.17) is 0 Å². The van der Waals surface area contributed by atoms with E-state index >= 15 is 0 Å². The van der Waals surface area contributed by atoms with Gasteiger partial charge in [-0.3, -0.25) is 14.6 Å². The summed E-state index contributed by atoms with van der Waals surface area (Å²) in [6, 6.07) is 16.4. The summed E-state index contributed by atoms with van der Waals surface area (Å²) in [6.07, 6.45) is 9.95. The zero-order valence-corrected chi connectivity index (χ0v) is 22.2. The summed E-state index contributed by atoms with van der Waals surface area (Å²) in [5, 5.41) is 11.5. The van der Waals surface area contributed by atoms with Crippen molar-refractivity contribution in [3.63, 3.8) is 0 Å². The number of thiazole rings is 1. The molecule has 2 fully saturated rings. The van der Waals surface area contributed by atoms with Gasteiger partial charge in [-0.2, -0.15) is 0 Å². The Morgan fingerprint density at radius 1 is 0.868 bits per heavy atom. The average Bonchev–Trinajstić information content (AvgIpc) is 3.62. The second-order valence-electron chi connectivity index (χ2n) is 10.6. The van der Waals surface area contributed by atoms with Crippen molar-refractivity contribution in [3.8, 4) is 0 Å². The van der Waals surface area contributed by atoms with Crippen LogP contribution in [-0.4, -0.2) is 27.8 Å². The van der Waals surface area contributed by atoms with Crippen LogP contribution in [-0.2, 0) is 16.1 Å². The van der Waals surface area contributed by atoms with Crippen molar-refractivity contribution < 1.29 is 9.59 Å².